The molecule has 1 saturated heterocycles. The average molecular weight is 511 g/mol. The number of aryl methyl sites for hydroxylation is 1. The van der Waals surface area contributed by atoms with Crippen LogP contribution in [0.4, 0.5) is 10.1 Å². The van der Waals surface area contributed by atoms with Gasteiger partial charge in [-0.2, -0.15) is 8.42 Å². The van der Waals surface area contributed by atoms with Gasteiger partial charge in [-0.25, -0.2) is 14.2 Å². The molecular weight excluding hydrogens is 487 g/mol. The number of rotatable bonds is 4. The quantitative estimate of drug-likeness (QED) is 0.329. The fourth-order valence-electron chi connectivity index (χ4n) is 4.51. The fraction of sp³-hybridized carbons (Fsp3) is 0.240. The summed E-state index contributed by atoms with van der Waals surface area (Å²) in [5.74, 6) is -1.74. The number of hydrogen-bond donors (Lipinski definition) is 1. The highest BCUT2D eigenvalue weighted by atomic mass is 32.2. The minimum Gasteiger partial charge on any atom is -0.366 e. The molecule has 1 fully saturated rings. The number of carbonyl (C=O) groups excluding carboxylic acids is 1. The lowest BCUT2D eigenvalue weighted by Crippen LogP contribution is -2.46. The lowest BCUT2D eigenvalue weighted by molar-refractivity contribution is 0.0746. The number of nitrogens with one attached hydrogen (secondary N) is 1. The molecule has 1 aliphatic heterocycles. The van der Waals surface area contributed by atoms with Gasteiger partial charge >= 0.3 is 16.1 Å². The molecule has 2 aromatic heterocycles. The van der Waals surface area contributed by atoms with Crippen LogP contribution in [-0.4, -0.2) is 49.8 Å². The molecular formula is C25H23FN4O5S. The van der Waals surface area contributed by atoms with Crippen LogP contribution in [0.1, 0.15) is 22.0 Å². The Morgan fingerprint density at radius 3 is 2.67 bits per heavy atom. The van der Waals surface area contributed by atoms with Crippen molar-refractivity contribution in [2.24, 2.45) is 7.05 Å². The molecule has 4 aromatic rings. The first-order chi connectivity index (χ1) is 17.1. The van der Waals surface area contributed by atoms with E-state index in [2.05, 4.69) is 14.5 Å². The van der Waals surface area contributed by atoms with E-state index >= 15 is 4.39 Å². The van der Waals surface area contributed by atoms with Crippen molar-refractivity contribution in [3.63, 3.8) is 0 Å². The number of hydrogen-bond acceptors (Lipinski definition) is 8. The number of piperazine rings is 1. The Bertz CT molecular complexity index is 1670. The Labute approximate surface area is 206 Å². The first-order valence-corrected chi connectivity index (χ1v) is 13.0. The van der Waals surface area contributed by atoms with E-state index in [4.69, 9.17) is 0 Å². The molecule has 5 rings (SSSR count). The second kappa shape index (κ2) is 8.99. The molecule has 1 aliphatic rings. The molecule has 186 valence electrons. The lowest BCUT2D eigenvalue weighted by atomic mass is 10.0. The first kappa shape index (κ1) is 23.9. The standard InChI is InChI=1S/C25H23FN4O5S/c1-29-13-18(25(32)35-36(2,33)34)23(31)17-10-16-11-19(26)22(12-20(16)28-24(17)29)30-9-8-27-21(14-30)15-6-4-3-5-7-15/h3-7,10-13,21,27H,8-9,14H2,1-2H3. The minimum atomic E-state index is -4.10. The normalized spacial score (nSPS) is 16.4. The van der Waals surface area contributed by atoms with E-state index in [1.54, 1.807) is 13.1 Å². The van der Waals surface area contributed by atoms with Crippen LogP contribution in [0.15, 0.2) is 59.5 Å². The van der Waals surface area contributed by atoms with Crippen LogP contribution in [-0.2, 0) is 21.3 Å². The average Bonchev–Trinajstić information content (AvgIpc) is 2.84. The van der Waals surface area contributed by atoms with Gasteiger partial charge in [0.2, 0.25) is 5.43 Å². The Hall–Kier alpha value is -3.83. The fourth-order valence-corrected chi connectivity index (χ4v) is 4.88. The van der Waals surface area contributed by atoms with Crippen LogP contribution in [0, 0.1) is 5.82 Å². The molecule has 11 heteroatoms. The summed E-state index contributed by atoms with van der Waals surface area (Å²) in [4.78, 5) is 31.7. The van der Waals surface area contributed by atoms with Crippen molar-refractivity contribution in [2.75, 3.05) is 30.8 Å². The highest BCUT2D eigenvalue weighted by molar-refractivity contribution is 7.86. The summed E-state index contributed by atoms with van der Waals surface area (Å²) in [6, 6.07) is 14.4. The van der Waals surface area contributed by atoms with Crippen LogP contribution < -0.4 is 15.6 Å². The van der Waals surface area contributed by atoms with E-state index in [9.17, 15) is 18.0 Å². The minimum absolute atomic E-state index is 0.0468. The zero-order valence-corrected chi connectivity index (χ0v) is 20.4. The number of pyridine rings is 2. The lowest BCUT2D eigenvalue weighted by Gasteiger charge is -2.35. The van der Waals surface area contributed by atoms with Gasteiger partial charge in [-0.05, 0) is 23.8 Å². The predicted molar refractivity (Wildman–Crippen MR) is 134 cm³/mol. The third-order valence-corrected chi connectivity index (χ3v) is 6.63. The van der Waals surface area contributed by atoms with Crippen LogP contribution in [0.2, 0.25) is 0 Å². The highest BCUT2D eigenvalue weighted by Crippen LogP contribution is 2.29. The van der Waals surface area contributed by atoms with Crippen molar-refractivity contribution < 1.29 is 21.8 Å². The zero-order valence-electron chi connectivity index (χ0n) is 19.6. The molecule has 9 nitrogen and oxygen atoms in total. The van der Waals surface area contributed by atoms with E-state index in [0.29, 0.717) is 42.5 Å². The monoisotopic (exact) mass is 510 g/mol. The maximum Gasteiger partial charge on any atom is 0.359 e. The second-order valence-electron chi connectivity index (χ2n) is 8.78. The van der Waals surface area contributed by atoms with Crippen molar-refractivity contribution in [3.05, 3.63) is 81.9 Å². The molecule has 0 amide bonds. The molecule has 36 heavy (non-hydrogen) atoms. The molecule has 2 aromatic carbocycles. The van der Waals surface area contributed by atoms with E-state index in [-0.39, 0.29) is 17.1 Å². The van der Waals surface area contributed by atoms with Gasteiger partial charge in [0, 0.05) is 44.3 Å². The summed E-state index contributed by atoms with van der Waals surface area (Å²) in [5.41, 5.74) is 1.08. The zero-order chi connectivity index (χ0) is 25.6. The van der Waals surface area contributed by atoms with Crippen LogP contribution in [0.5, 0.6) is 0 Å². The maximum atomic E-state index is 15.3. The number of fused-ring (bicyclic) bond motifs is 2. The van der Waals surface area contributed by atoms with E-state index in [1.807, 2.05) is 35.2 Å². The van der Waals surface area contributed by atoms with Crippen molar-refractivity contribution >= 4 is 43.7 Å². The van der Waals surface area contributed by atoms with Gasteiger partial charge in [-0.15, -0.1) is 0 Å². The van der Waals surface area contributed by atoms with E-state index in [0.717, 1.165) is 5.56 Å². The Kier molecular flexibility index (Phi) is 5.97. The summed E-state index contributed by atoms with van der Waals surface area (Å²) >= 11 is 0. The molecule has 1 atom stereocenters. The maximum absolute atomic E-state index is 15.3. The second-order valence-corrected chi connectivity index (χ2v) is 10.4. The van der Waals surface area contributed by atoms with Gasteiger partial charge in [0.05, 0.1) is 22.8 Å². The van der Waals surface area contributed by atoms with Gasteiger partial charge in [0.1, 0.15) is 17.0 Å². The first-order valence-electron chi connectivity index (χ1n) is 11.2. The van der Waals surface area contributed by atoms with Crippen LogP contribution >= 0.6 is 0 Å². The molecule has 3 heterocycles. The van der Waals surface area contributed by atoms with Crippen LogP contribution in [0.3, 0.4) is 0 Å². The smallest absolute Gasteiger partial charge is 0.359 e. The number of anilines is 1. The van der Waals surface area contributed by atoms with Crippen molar-refractivity contribution in [2.45, 2.75) is 6.04 Å². The van der Waals surface area contributed by atoms with Gasteiger partial charge < -0.3 is 19.0 Å². The Morgan fingerprint density at radius 2 is 1.94 bits per heavy atom. The summed E-state index contributed by atoms with van der Waals surface area (Å²) in [7, 11) is -2.53. The van der Waals surface area contributed by atoms with Gasteiger partial charge in [0.25, 0.3) is 0 Å². The number of carbonyl (C=O) groups is 1. The number of halogens is 1. The van der Waals surface area contributed by atoms with Gasteiger partial charge in [-0.1, -0.05) is 30.3 Å². The SMILES string of the molecule is Cn1cc(C(=O)OS(C)(=O)=O)c(=O)c2cc3cc(F)c(N4CCNC(c5ccccc5)C4)cc3nc21. The summed E-state index contributed by atoms with van der Waals surface area (Å²) in [6.07, 6.45) is 1.90. The largest absolute Gasteiger partial charge is 0.366 e. The van der Waals surface area contributed by atoms with E-state index < -0.39 is 32.9 Å². The van der Waals surface area contributed by atoms with Crippen molar-refractivity contribution in [1.29, 1.82) is 0 Å². The highest BCUT2D eigenvalue weighted by Gasteiger charge is 2.24. The van der Waals surface area contributed by atoms with Gasteiger partial charge in [-0.3, -0.25) is 4.79 Å². The number of benzene rings is 2. The summed E-state index contributed by atoms with van der Waals surface area (Å²) < 4.78 is 43.8. The van der Waals surface area contributed by atoms with E-state index in [1.165, 1.54) is 22.9 Å². The third-order valence-electron chi connectivity index (χ3n) is 6.17. The molecule has 1 unspecified atom stereocenters. The van der Waals surface area contributed by atoms with Gasteiger partial charge in [0.15, 0.2) is 0 Å². The molecule has 0 aliphatic carbocycles. The molecule has 0 radical (unpaired) electrons. The number of nitrogens with zero attached hydrogens (tertiary/aromatic N) is 3. The topological polar surface area (TPSA) is 111 Å². The molecule has 1 N–H and O–H groups in total. The molecule has 0 saturated carbocycles. The predicted octanol–water partition coefficient (Wildman–Crippen LogP) is 2.49. The van der Waals surface area contributed by atoms with Crippen molar-refractivity contribution in [1.82, 2.24) is 14.9 Å². The summed E-state index contributed by atoms with van der Waals surface area (Å²) in [5, 5.41) is 3.89. The number of aromatic nitrogens is 2. The van der Waals surface area contributed by atoms with Crippen LogP contribution in [0.25, 0.3) is 21.9 Å². The Morgan fingerprint density at radius 1 is 1.19 bits per heavy atom. The third kappa shape index (κ3) is 4.54. The van der Waals surface area contributed by atoms with Crippen molar-refractivity contribution in [3.8, 4) is 0 Å². The summed E-state index contributed by atoms with van der Waals surface area (Å²) in [6.45, 7) is 1.87. The Balaban J connectivity index is 1.56. The molecule has 0 spiro atoms. The molecule has 0 bridgehead atoms.